The van der Waals surface area contributed by atoms with Gasteiger partial charge in [-0.3, -0.25) is 4.79 Å². The highest BCUT2D eigenvalue weighted by atomic mass is 16.5. The third-order valence-corrected chi connectivity index (χ3v) is 6.21. The van der Waals surface area contributed by atoms with Crippen LogP contribution in [0, 0.1) is 0 Å². The number of nitrogens with one attached hydrogen (secondary N) is 1. The van der Waals surface area contributed by atoms with Crippen LogP contribution in [-0.4, -0.2) is 22.6 Å². The van der Waals surface area contributed by atoms with Gasteiger partial charge in [0.05, 0.1) is 30.6 Å². The van der Waals surface area contributed by atoms with Gasteiger partial charge in [-0.05, 0) is 43.2 Å². The molecule has 33 heavy (non-hydrogen) atoms. The molecule has 1 atom stereocenters. The lowest BCUT2D eigenvalue weighted by Crippen LogP contribution is -2.30. The summed E-state index contributed by atoms with van der Waals surface area (Å²) >= 11 is 0. The number of ether oxygens (including phenoxy) is 1. The van der Waals surface area contributed by atoms with E-state index in [1.54, 1.807) is 7.11 Å². The number of carbonyl (C=O) groups is 1. The Kier molecular flexibility index (Phi) is 9.79. The quantitative estimate of drug-likeness (QED) is 0.282. The van der Waals surface area contributed by atoms with Gasteiger partial charge < -0.3 is 14.6 Å². The van der Waals surface area contributed by atoms with Crippen LogP contribution in [0.4, 0.5) is 0 Å². The molecule has 178 valence electrons. The minimum atomic E-state index is -0.155. The molecule has 1 heterocycles. The average Bonchev–Trinajstić information content (AvgIpc) is 3.20. The summed E-state index contributed by atoms with van der Waals surface area (Å²) in [5, 5.41) is 3.15. The van der Waals surface area contributed by atoms with Crippen molar-refractivity contribution in [1.82, 2.24) is 14.9 Å². The zero-order valence-electron chi connectivity index (χ0n) is 20.5. The van der Waals surface area contributed by atoms with Crippen LogP contribution in [0.2, 0.25) is 0 Å². The topological polar surface area (TPSA) is 56.2 Å². The van der Waals surface area contributed by atoms with E-state index in [1.165, 1.54) is 44.9 Å². The van der Waals surface area contributed by atoms with E-state index >= 15 is 0 Å². The molecule has 0 aliphatic rings. The fraction of sp³-hybridized carbons (Fsp3) is 0.500. The van der Waals surface area contributed by atoms with Crippen molar-refractivity contribution in [3.05, 3.63) is 59.9 Å². The fourth-order valence-electron chi connectivity index (χ4n) is 4.35. The first-order valence-corrected chi connectivity index (χ1v) is 12.5. The first-order chi connectivity index (χ1) is 16.1. The van der Waals surface area contributed by atoms with Gasteiger partial charge in [0.2, 0.25) is 5.91 Å². The maximum atomic E-state index is 12.7. The lowest BCUT2D eigenvalue weighted by atomic mass is 10.1. The molecule has 0 bridgehead atoms. The number of nitrogens with zero attached hydrogens (tertiary/aromatic N) is 2. The number of hydrogen-bond acceptors (Lipinski definition) is 3. The summed E-state index contributed by atoms with van der Waals surface area (Å²) in [6.07, 6.45) is 10.7. The van der Waals surface area contributed by atoms with Gasteiger partial charge in [-0.15, -0.1) is 0 Å². The second-order valence-corrected chi connectivity index (χ2v) is 8.90. The number of para-hydroxylation sites is 2. The Morgan fingerprint density at radius 1 is 0.970 bits per heavy atom. The summed E-state index contributed by atoms with van der Waals surface area (Å²) in [5.74, 6) is 1.72. The number of fused-ring (bicyclic) bond motifs is 1. The molecule has 3 aromatic rings. The number of amides is 1. The largest absolute Gasteiger partial charge is 0.497 e. The first kappa shape index (κ1) is 24.8. The van der Waals surface area contributed by atoms with Crippen LogP contribution >= 0.6 is 0 Å². The third-order valence-electron chi connectivity index (χ3n) is 6.21. The Balaban J connectivity index is 1.59. The van der Waals surface area contributed by atoms with Crippen LogP contribution in [0.5, 0.6) is 5.75 Å². The molecular formula is C28H39N3O2. The van der Waals surface area contributed by atoms with Gasteiger partial charge in [0.25, 0.3) is 0 Å². The normalized spacial score (nSPS) is 12.1. The molecule has 0 aliphatic heterocycles. The van der Waals surface area contributed by atoms with Crippen molar-refractivity contribution in [2.45, 2.75) is 84.2 Å². The van der Waals surface area contributed by atoms with E-state index in [4.69, 9.17) is 9.72 Å². The van der Waals surface area contributed by atoms with Crippen molar-refractivity contribution >= 4 is 16.9 Å². The number of unbranched alkanes of at least 4 members (excludes halogenated alkanes) is 7. The Bertz CT molecular complexity index is 994. The van der Waals surface area contributed by atoms with Crippen LogP contribution < -0.4 is 10.1 Å². The number of carbonyl (C=O) groups excluding carboxylic acids is 1. The number of hydrogen-bond donors (Lipinski definition) is 1. The molecular weight excluding hydrogens is 410 g/mol. The predicted molar refractivity (Wildman–Crippen MR) is 136 cm³/mol. The summed E-state index contributed by atoms with van der Waals surface area (Å²) in [5.41, 5.74) is 3.10. The molecule has 3 rings (SSSR count). The molecule has 5 nitrogen and oxygen atoms in total. The summed E-state index contributed by atoms with van der Waals surface area (Å²) in [6.45, 7) is 5.22. The molecule has 0 fully saturated rings. The van der Waals surface area contributed by atoms with E-state index in [0.717, 1.165) is 41.1 Å². The van der Waals surface area contributed by atoms with Crippen LogP contribution in [0.3, 0.4) is 0 Å². The van der Waals surface area contributed by atoms with Crippen LogP contribution in [0.1, 0.15) is 82.6 Å². The zero-order valence-corrected chi connectivity index (χ0v) is 20.5. The summed E-state index contributed by atoms with van der Waals surface area (Å²) in [4.78, 5) is 17.6. The molecule has 5 heteroatoms. The summed E-state index contributed by atoms with van der Waals surface area (Å²) in [6, 6.07) is 15.7. The van der Waals surface area contributed by atoms with Gasteiger partial charge in [-0.25, -0.2) is 4.98 Å². The van der Waals surface area contributed by atoms with E-state index in [0.29, 0.717) is 6.42 Å². The van der Waals surface area contributed by atoms with Crippen molar-refractivity contribution in [3.8, 4) is 5.75 Å². The lowest BCUT2D eigenvalue weighted by molar-refractivity contribution is -0.121. The molecule has 0 aliphatic carbocycles. The van der Waals surface area contributed by atoms with Crippen molar-refractivity contribution in [2.75, 3.05) is 7.11 Å². The Morgan fingerprint density at radius 2 is 1.64 bits per heavy atom. The van der Waals surface area contributed by atoms with E-state index in [-0.39, 0.29) is 11.9 Å². The smallest absolute Gasteiger partial charge is 0.224 e. The highest BCUT2D eigenvalue weighted by Gasteiger charge is 2.18. The minimum absolute atomic E-state index is 0.00153. The predicted octanol–water partition coefficient (Wildman–Crippen LogP) is 6.61. The summed E-state index contributed by atoms with van der Waals surface area (Å²) in [7, 11) is 1.64. The van der Waals surface area contributed by atoms with Crippen LogP contribution in [-0.2, 0) is 17.8 Å². The van der Waals surface area contributed by atoms with Crippen molar-refractivity contribution in [3.63, 3.8) is 0 Å². The van der Waals surface area contributed by atoms with E-state index < -0.39 is 0 Å². The number of methoxy groups -OCH3 is 1. The van der Waals surface area contributed by atoms with Gasteiger partial charge in [0.15, 0.2) is 0 Å². The molecule has 0 saturated heterocycles. The zero-order chi connectivity index (χ0) is 23.5. The standard InChI is InChI=1S/C28H39N3O2/c1-4-5-6-7-8-9-10-13-20-31-26-15-12-11-14-25(26)30-28(31)22(2)29-27(32)21-23-16-18-24(33-3)19-17-23/h11-12,14-19,22H,4-10,13,20-21H2,1-3H3,(H,29,32). The minimum Gasteiger partial charge on any atom is -0.497 e. The van der Waals surface area contributed by atoms with Crippen LogP contribution in [0.25, 0.3) is 11.0 Å². The first-order valence-electron chi connectivity index (χ1n) is 12.5. The van der Waals surface area contributed by atoms with Gasteiger partial charge in [0, 0.05) is 6.54 Å². The number of aryl methyl sites for hydroxylation is 1. The molecule has 1 unspecified atom stereocenters. The molecule has 2 aromatic carbocycles. The van der Waals surface area contributed by atoms with Crippen molar-refractivity contribution < 1.29 is 9.53 Å². The molecule has 1 N–H and O–H groups in total. The van der Waals surface area contributed by atoms with E-state index in [9.17, 15) is 4.79 Å². The van der Waals surface area contributed by atoms with E-state index in [1.807, 2.05) is 37.3 Å². The van der Waals surface area contributed by atoms with Crippen LogP contribution in [0.15, 0.2) is 48.5 Å². The number of aromatic nitrogens is 2. The van der Waals surface area contributed by atoms with Crippen molar-refractivity contribution in [1.29, 1.82) is 0 Å². The van der Waals surface area contributed by atoms with Gasteiger partial charge >= 0.3 is 0 Å². The second-order valence-electron chi connectivity index (χ2n) is 8.90. The van der Waals surface area contributed by atoms with Gasteiger partial charge in [-0.1, -0.05) is 76.1 Å². The average molecular weight is 450 g/mol. The Morgan fingerprint density at radius 3 is 2.33 bits per heavy atom. The Hall–Kier alpha value is -2.82. The molecule has 0 saturated carbocycles. The SMILES string of the molecule is CCCCCCCCCCn1c(C(C)NC(=O)Cc2ccc(OC)cc2)nc2ccccc21. The maximum absolute atomic E-state index is 12.7. The number of imidazole rings is 1. The highest BCUT2D eigenvalue weighted by Crippen LogP contribution is 2.22. The molecule has 1 aromatic heterocycles. The molecule has 0 radical (unpaired) electrons. The van der Waals surface area contributed by atoms with Gasteiger partial charge in [-0.2, -0.15) is 0 Å². The molecule has 1 amide bonds. The Labute approximate surface area is 198 Å². The fourth-order valence-corrected chi connectivity index (χ4v) is 4.35. The van der Waals surface area contributed by atoms with Gasteiger partial charge in [0.1, 0.15) is 11.6 Å². The third kappa shape index (κ3) is 7.34. The number of benzene rings is 2. The lowest BCUT2D eigenvalue weighted by Gasteiger charge is -2.16. The van der Waals surface area contributed by atoms with E-state index in [2.05, 4.69) is 35.0 Å². The number of rotatable bonds is 14. The van der Waals surface area contributed by atoms with Crippen molar-refractivity contribution in [2.24, 2.45) is 0 Å². The maximum Gasteiger partial charge on any atom is 0.224 e. The molecule has 0 spiro atoms. The monoisotopic (exact) mass is 449 g/mol. The summed E-state index contributed by atoms with van der Waals surface area (Å²) < 4.78 is 7.49. The second kappa shape index (κ2) is 13.0. The highest BCUT2D eigenvalue weighted by molar-refractivity contribution is 5.79.